The van der Waals surface area contributed by atoms with Crippen molar-refractivity contribution in [2.24, 2.45) is 5.92 Å². The highest BCUT2D eigenvalue weighted by Crippen LogP contribution is 2.33. The molecule has 1 aromatic heterocycles. The average Bonchev–Trinajstić information content (AvgIpc) is 2.47. The number of nitrogens with one attached hydrogen (secondary N) is 1. The predicted octanol–water partition coefficient (Wildman–Crippen LogP) is 3.66. The molecule has 20 heavy (non-hydrogen) atoms. The third kappa shape index (κ3) is 3.22. The fourth-order valence-corrected chi connectivity index (χ4v) is 3.03. The van der Waals surface area contributed by atoms with E-state index in [1.54, 1.807) is 6.33 Å². The minimum Gasteiger partial charge on any atom is -0.370 e. The molecule has 1 saturated heterocycles. The monoisotopic (exact) mass is 276 g/mol. The first-order valence-electron chi connectivity index (χ1n) is 8.01. The summed E-state index contributed by atoms with van der Waals surface area (Å²) in [4.78, 5) is 11.5. The van der Waals surface area contributed by atoms with Crippen molar-refractivity contribution in [1.82, 2.24) is 9.97 Å². The molecule has 0 unspecified atom stereocenters. The van der Waals surface area contributed by atoms with Crippen molar-refractivity contribution < 1.29 is 0 Å². The molecular weight excluding hydrogens is 248 g/mol. The van der Waals surface area contributed by atoms with Crippen molar-refractivity contribution in [3.63, 3.8) is 0 Å². The molecule has 0 aliphatic carbocycles. The first-order chi connectivity index (χ1) is 9.67. The van der Waals surface area contributed by atoms with Gasteiger partial charge in [0.05, 0.1) is 0 Å². The van der Waals surface area contributed by atoms with E-state index in [9.17, 15) is 0 Å². The van der Waals surface area contributed by atoms with Gasteiger partial charge in [0.2, 0.25) is 0 Å². The highest BCUT2D eigenvalue weighted by molar-refractivity contribution is 5.60. The SMILES string of the molecule is CCNc1ncnc(N2CCC(CC)CC2)c1C(C)C. The second-order valence-corrected chi connectivity index (χ2v) is 5.98. The fourth-order valence-electron chi connectivity index (χ4n) is 3.03. The Balaban J connectivity index is 2.25. The summed E-state index contributed by atoms with van der Waals surface area (Å²) in [5.41, 5.74) is 1.27. The molecular formula is C16H28N4. The maximum Gasteiger partial charge on any atom is 0.137 e. The van der Waals surface area contributed by atoms with E-state index in [0.29, 0.717) is 5.92 Å². The van der Waals surface area contributed by atoms with Crippen LogP contribution < -0.4 is 10.2 Å². The quantitative estimate of drug-likeness (QED) is 0.891. The minimum absolute atomic E-state index is 0.434. The second kappa shape index (κ2) is 6.91. The Morgan fingerprint density at radius 1 is 1.25 bits per heavy atom. The van der Waals surface area contributed by atoms with Gasteiger partial charge in [-0.25, -0.2) is 9.97 Å². The number of aromatic nitrogens is 2. The predicted molar refractivity (Wildman–Crippen MR) is 85.5 cm³/mol. The van der Waals surface area contributed by atoms with Crippen LogP contribution in [0.1, 0.15) is 58.4 Å². The number of nitrogens with zero attached hydrogens (tertiary/aromatic N) is 3. The van der Waals surface area contributed by atoms with Gasteiger partial charge in [0.25, 0.3) is 0 Å². The molecule has 1 aromatic rings. The van der Waals surface area contributed by atoms with Crippen LogP contribution in [0.2, 0.25) is 0 Å². The Morgan fingerprint density at radius 2 is 1.95 bits per heavy atom. The normalized spacial score (nSPS) is 16.8. The van der Waals surface area contributed by atoms with Crippen molar-refractivity contribution in [3.05, 3.63) is 11.9 Å². The first-order valence-corrected chi connectivity index (χ1v) is 8.01. The van der Waals surface area contributed by atoms with Crippen molar-refractivity contribution in [2.45, 2.75) is 52.9 Å². The largest absolute Gasteiger partial charge is 0.370 e. The second-order valence-electron chi connectivity index (χ2n) is 5.98. The molecule has 1 aliphatic heterocycles. The summed E-state index contributed by atoms with van der Waals surface area (Å²) < 4.78 is 0. The van der Waals surface area contributed by atoms with Crippen LogP contribution in [0, 0.1) is 5.92 Å². The van der Waals surface area contributed by atoms with Crippen molar-refractivity contribution >= 4 is 11.6 Å². The number of piperidine rings is 1. The van der Waals surface area contributed by atoms with E-state index in [-0.39, 0.29) is 0 Å². The van der Waals surface area contributed by atoms with E-state index in [1.807, 2.05) is 0 Å². The summed E-state index contributed by atoms with van der Waals surface area (Å²) in [6.07, 6.45) is 5.57. The molecule has 1 N–H and O–H groups in total. The zero-order chi connectivity index (χ0) is 14.5. The van der Waals surface area contributed by atoms with Gasteiger partial charge in [-0.05, 0) is 31.6 Å². The van der Waals surface area contributed by atoms with Crippen LogP contribution in [0.3, 0.4) is 0 Å². The zero-order valence-electron chi connectivity index (χ0n) is 13.3. The standard InChI is InChI=1S/C16H28N4/c1-5-13-7-9-20(10-8-13)16-14(12(3)4)15(17-6-2)18-11-19-16/h11-13H,5-10H2,1-4H3,(H,17,18,19). The Labute approximate surface area is 123 Å². The smallest absolute Gasteiger partial charge is 0.137 e. The van der Waals surface area contributed by atoms with Gasteiger partial charge < -0.3 is 10.2 Å². The molecule has 0 spiro atoms. The molecule has 0 radical (unpaired) electrons. The molecule has 0 aromatic carbocycles. The topological polar surface area (TPSA) is 41.1 Å². The Kier molecular flexibility index (Phi) is 5.21. The number of rotatable bonds is 5. The van der Waals surface area contributed by atoms with Crippen LogP contribution in [0.15, 0.2) is 6.33 Å². The Morgan fingerprint density at radius 3 is 2.50 bits per heavy atom. The summed E-state index contributed by atoms with van der Waals surface area (Å²) in [5.74, 6) is 3.47. The van der Waals surface area contributed by atoms with E-state index in [0.717, 1.165) is 37.2 Å². The van der Waals surface area contributed by atoms with E-state index in [4.69, 9.17) is 0 Å². The third-order valence-corrected chi connectivity index (χ3v) is 4.28. The van der Waals surface area contributed by atoms with Crippen molar-refractivity contribution in [3.8, 4) is 0 Å². The van der Waals surface area contributed by atoms with E-state index in [2.05, 4.69) is 47.9 Å². The number of hydrogen-bond donors (Lipinski definition) is 1. The van der Waals surface area contributed by atoms with Gasteiger partial charge in [-0.1, -0.05) is 27.2 Å². The molecule has 112 valence electrons. The summed E-state index contributed by atoms with van der Waals surface area (Å²) in [5, 5.41) is 3.38. The van der Waals surface area contributed by atoms with Crippen molar-refractivity contribution in [1.29, 1.82) is 0 Å². The summed E-state index contributed by atoms with van der Waals surface area (Å²) in [6.45, 7) is 12.0. The van der Waals surface area contributed by atoms with Crippen LogP contribution in [-0.4, -0.2) is 29.6 Å². The van der Waals surface area contributed by atoms with Gasteiger partial charge in [-0.2, -0.15) is 0 Å². The van der Waals surface area contributed by atoms with Gasteiger partial charge in [-0.3, -0.25) is 0 Å². The van der Waals surface area contributed by atoms with Gasteiger partial charge in [-0.15, -0.1) is 0 Å². The lowest BCUT2D eigenvalue weighted by atomic mass is 9.93. The van der Waals surface area contributed by atoms with Gasteiger partial charge in [0.1, 0.15) is 18.0 Å². The Bertz CT molecular complexity index is 422. The highest BCUT2D eigenvalue weighted by atomic mass is 15.2. The molecule has 0 amide bonds. The van der Waals surface area contributed by atoms with Crippen LogP contribution in [-0.2, 0) is 0 Å². The minimum atomic E-state index is 0.434. The van der Waals surface area contributed by atoms with Crippen LogP contribution in [0.4, 0.5) is 11.6 Å². The molecule has 1 aliphatic rings. The number of hydrogen-bond acceptors (Lipinski definition) is 4. The zero-order valence-corrected chi connectivity index (χ0v) is 13.3. The highest BCUT2D eigenvalue weighted by Gasteiger charge is 2.23. The van der Waals surface area contributed by atoms with Crippen LogP contribution in [0.5, 0.6) is 0 Å². The fraction of sp³-hybridized carbons (Fsp3) is 0.750. The molecule has 4 heteroatoms. The first kappa shape index (κ1) is 15.1. The lowest BCUT2D eigenvalue weighted by Crippen LogP contribution is -2.35. The van der Waals surface area contributed by atoms with Gasteiger partial charge in [0.15, 0.2) is 0 Å². The molecule has 0 atom stereocenters. The van der Waals surface area contributed by atoms with Gasteiger partial charge in [0, 0.05) is 25.2 Å². The summed E-state index contributed by atoms with van der Waals surface area (Å²) >= 11 is 0. The molecule has 2 heterocycles. The Hall–Kier alpha value is -1.32. The van der Waals surface area contributed by atoms with E-state index < -0.39 is 0 Å². The maximum atomic E-state index is 4.59. The third-order valence-electron chi connectivity index (χ3n) is 4.28. The molecule has 0 bridgehead atoms. The molecule has 4 nitrogen and oxygen atoms in total. The maximum absolute atomic E-state index is 4.59. The lowest BCUT2D eigenvalue weighted by Gasteiger charge is -2.34. The van der Waals surface area contributed by atoms with Crippen LogP contribution >= 0.6 is 0 Å². The molecule has 1 fully saturated rings. The van der Waals surface area contributed by atoms with Gasteiger partial charge >= 0.3 is 0 Å². The summed E-state index contributed by atoms with van der Waals surface area (Å²) in [6, 6.07) is 0. The average molecular weight is 276 g/mol. The van der Waals surface area contributed by atoms with Crippen molar-refractivity contribution in [2.75, 3.05) is 29.9 Å². The number of anilines is 2. The summed E-state index contributed by atoms with van der Waals surface area (Å²) in [7, 11) is 0. The van der Waals surface area contributed by atoms with Crippen LogP contribution in [0.25, 0.3) is 0 Å². The molecule has 0 saturated carbocycles. The van der Waals surface area contributed by atoms with E-state index in [1.165, 1.54) is 24.8 Å². The molecule has 2 rings (SSSR count). The van der Waals surface area contributed by atoms with E-state index >= 15 is 0 Å². The lowest BCUT2D eigenvalue weighted by molar-refractivity contribution is 0.393.